The van der Waals surface area contributed by atoms with Crippen LogP contribution in [0.2, 0.25) is 0 Å². The van der Waals surface area contributed by atoms with E-state index < -0.39 is 0 Å². The second-order valence-electron chi connectivity index (χ2n) is 4.63. The van der Waals surface area contributed by atoms with E-state index in [-0.39, 0.29) is 0 Å². The second kappa shape index (κ2) is 5.03. The summed E-state index contributed by atoms with van der Waals surface area (Å²) in [5, 5.41) is 2.19. The van der Waals surface area contributed by atoms with E-state index in [1.54, 1.807) is 0 Å². The number of likely N-dealkylation sites (tertiary alicyclic amines) is 1. The Kier molecular flexibility index (Phi) is 3.25. The van der Waals surface area contributed by atoms with Crippen molar-refractivity contribution < 1.29 is 0 Å². The van der Waals surface area contributed by atoms with Crippen LogP contribution in [0, 0.1) is 0 Å². The van der Waals surface area contributed by atoms with Crippen LogP contribution in [0.1, 0.15) is 29.3 Å². The van der Waals surface area contributed by atoms with Gasteiger partial charge in [0.2, 0.25) is 0 Å². The van der Waals surface area contributed by atoms with E-state index in [9.17, 15) is 0 Å². The number of benzene rings is 1. The van der Waals surface area contributed by atoms with Crippen molar-refractivity contribution in [3.05, 3.63) is 58.3 Å². The molecule has 1 aliphatic heterocycles. The molecular formula is C15H17NS. The topological polar surface area (TPSA) is 3.24 Å². The lowest BCUT2D eigenvalue weighted by Gasteiger charge is -2.23. The molecule has 1 saturated heterocycles. The first-order chi connectivity index (χ1) is 8.43. The fourth-order valence-electron chi connectivity index (χ4n) is 2.64. The minimum absolute atomic E-state index is 0.648. The summed E-state index contributed by atoms with van der Waals surface area (Å²) in [4.78, 5) is 4.14. The molecular weight excluding hydrogens is 226 g/mol. The summed E-state index contributed by atoms with van der Waals surface area (Å²) in [5.74, 6) is 0. The first kappa shape index (κ1) is 11.0. The molecule has 3 rings (SSSR count). The molecule has 2 heterocycles. The average molecular weight is 243 g/mol. The number of rotatable bonds is 3. The van der Waals surface area contributed by atoms with Gasteiger partial charge in [-0.15, -0.1) is 11.3 Å². The largest absolute Gasteiger partial charge is 0.291 e. The van der Waals surface area contributed by atoms with Crippen LogP contribution < -0.4 is 0 Å². The second-order valence-corrected chi connectivity index (χ2v) is 5.61. The minimum atomic E-state index is 0.648. The molecule has 0 amide bonds. The Morgan fingerprint density at radius 3 is 2.76 bits per heavy atom. The molecule has 88 valence electrons. The first-order valence-corrected chi connectivity index (χ1v) is 7.13. The molecule has 0 bridgehead atoms. The van der Waals surface area contributed by atoms with Gasteiger partial charge >= 0.3 is 0 Å². The quantitative estimate of drug-likeness (QED) is 0.785. The zero-order chi connectivity index (χ0) is 11.5. The lowest BCUT2D eigenvalue weighted by Crippen LogP contribution is -2.22. The molecule has 2 heteroatoms. The normalized spacial score (nSPS) is 20.8. The van der Waals surface area contributed by atoms with Crippen molar-refractivity contribution >= 4 is 11.3 Å². The Morgan fingerprint density at radius 2 is 2.00 bits per heavy atom. The summed E-state index contributed by atoms with van der Waals surface area (Å²) in [5.41, 5.74) is 1.43. The Morgan fingerprint density at radius 1 is 1.12 bits per heavy atom. The summed E-state index contributed by atoms with van der Waals surface area (Å²) < 4.78 is 0. The van der Waals surface area contributed by atoms with Gasteiger partial charge in [0.25, 0.3) is 0 Å². The van der Waals surface area contributed by atoms with Crippen LogP contribution in [-0.4, -0.2) is 11.4 Å². The fourth-order valence-corrected chi connectivity index (χ4v) is 3.53. The van der Waals surface area contributed by atoms with Crippen molar-refractivity contribution in [3.63, 3.8) is 0 Å². The van der Waals surface area contributed by atoms with E-state index in [1.807, 2.05) is 11.3 Å². The molecule has 0 saturated carbocycles. The molecule has 0 N–H and O–H groups in total. The summed E-state index contributed by atoms with van der Waals surface area (Å²) in [6.07, 6.45) is 2.64. The molecule has 1 fully saturated rings. The van der Waals surface area contributed by atoms with Crippen molar-refractivity contribution in [2.75, 3.05) is 6.54 Å². The van der Waals surface area contributed by atoms with E-state index in [0.717, 1.165) is 6.54 Å². The van der Waals surface area contributed by atoms with Gasteiger partial charge in [0.05, 0.1) is 0 Å². The van der Waals surface area contributed by atoms with Gasteiger partial charge in [-0.1, -0.05) is 36.4 Å². The van der Waals surface area contributed by atoms with Gasteiger partial charge in [0.15, 0.2) is 0 Å². The lowest BCUT2D eigenvalue weighted by molar-refractivity contribution is 0.251. The van der Waals surface area contributed by atoms with E-state index in [1.165, 1.54) is 29.8 Å². The highest BCUT2D eigenvalue weighted by Gasteiger charge is 2.26. The molecule has 0 aliphatic carbocycles. The number of nitrogens with zero attached hydrogens (tertiary/aromatic N) is 1. The predicted octanol–water partition coefficient (Wildman–Crippen LogP) is 4.09. The highest BCUT2D eigenvalue weighted by Crippen LogP contribution is 2.35. The van der Waals surface area contributed by atoms with E-state index in [2.05, 4.69) is 52.7 Å². The van der Waals surface area contributed by atoms with E-state index in [0.29, 0.717) is 6.04 Å². The molecule has 0 unspecified atom stereocenters. The van der Waals surface area contributed by atoms with Gasteiger partial charge in [-0.2, -0.15) is 0 Å². The summed E-state index contributed by atoms with van der Waals surface area (Å²) >= 11 is 1.89. The van der Waals surface area contributed by atoms with Gasteiger partial charge in [0.1, 0.15) is 0 Å². The molecule has 17 heavy (non-hydrogen) atoms. The van der Waals surface area contributed by atoms with Gasteiger partial charge in [-0.05, 0) is 36.4 Å². The third kappa shape index (κ3) is 2.43. The van der Waals surface area contributed by atoms with Gasteiger partial charge < -0.3 is 0 Å². The monoisotopic (exact) mass is 243 g/mol. The molecule has 2 aromatic rings. The van der Waals surface area contributed by atoms with Gasteiger partial charge in [0, 0.05) is 17.5 Å². The maximum absolute atomic E-state index is 2.61. The average Bonchev–Trinajstić information content (AvgIpc) is 3.00. The minimum Gasteiger partial charge on any atom is -0.291 e. The van der Waals surface area contributed by atoms with Crippen LogP contribution in [-0.2, 0) is 6.54 Å². The Hall–Kier alpha value is -1.12. The maximum atomic E-state index is 2.61. The van der Waals surface area contributed by atoms with Gasteiger partial charge in [-0.3, -0.25) is 4.90 Å². The predicted molar refractivity (Wildman–Crippen MR) is 73.1 cm³/mol. The smallest absolute Gasteiger partial charge is 0.0445 e. The van der Waals surface area contributed by atoms with Crippen LogP contribution in [0.25, 0.3) is 0 Å². The fraction of sp³-hybridized carbons (Fsp3) is 0.333. The summed E-state index contributed by atoms with van der Waals surface area (Å²) in [7, 11) is 0. The molecule has 0 radical (unpaired) electrons. The first-order valence-electron chi connectivity index (χ1n) is 6.25. The third-order valence-electron chi connectivity index (χ3n) is 3.46. The zero-order valence-corrected chi connectivity index (χ0v) is 10.7. The number of hydrogen-bond donors (Lipinski definition) is 0. The summed E-state index contributed by atoms with van der Waals surface area (Å²) in [6, 6.07) is 15.9. The molecule has 1 nitrogen and oxygen atoms in total. The summed E-state index contributed by atoms with van der Waals surface area (Å²) in [6.45, 7) is 2.32. The van der Waals surface area contributed by atoms with Crippen LogP contribution in [0.4, 0.5) is 0 Å². The Balaban J connectivity index is 1.75. The van der Waals surface area contributed by atoms with Crippen LogP contribution in [0.15, 0.2) is 47.8 Å². The Bertz CT molecular complexity index is 449. The highest BCUT2D eigenvalue weighted by molar-refractivity contribution is 7.10. The molecule has 1 aliphatic rings. The number of hydrogen-bond acceptors (Lipinski definition) is 2. The van der Waals surface area contributed by atoms with E-state index in [4.69, 9.17) is 0 Å². The van der Waals surface area contributed by atoms with Crippen molar-refractivity contribution in [2.24, 2.45) is 0 Å². The van der Waals surface area contributed by atoms with Crippen molar-refractivity contribution in [1.29, 1.82) is 0 Å². The molecule has 1 atom stereocenters. The van der Waals surface area contributed by atoms with Crippen LogP contribution in [0.5, 0.6) is 0 Å². The molecule has 0 spiro atoms. The van der Waals surface area contributed by atoms with Crippen molar-refractivity contribution in [2.45, 2.75) is 25.4 Å². The van der Waals surface area contributed by atoms with E-state index >= 15 is 0 Å². The standard InChI is InChI=1S/C15H17NS/c1-2-6-13(7-3-1)12-16-10-4-8-14(16)15-9-5-11-17-15/h1-3,5-7,9,11,14H,4,8,10,12H2/t14-/m1/s1. The maximum Gasteiger partial charge on any atom is 0.0445 e. The van der Waals surface area contributed by atoms with Crippen LogP contribution in [0.3, 0.4) is 0 Å². The molecule has 1 aromatic heterocycles. The highest BCUT2D eigenvalue weighted by atomic mass is 32.1. The van der Waals surface area contributed by atoms with Crippen LogP contribution >= 0.6 is 11.3 Å². The van der Waals surface area contributed by atoms with Crippen molar-refractivity contribution in [3.8, 4) is 0 Å². The third-order valence-corrected chi connectivity index (χ3v) is 4.44. The molecule has 1 aromatic carbocycles. The van der Waals surface area contributed by atoms with Gasteiger partial charge in [-0.25, -0.2) is 0 Å². The van der Waals surface area contributed by atoms with Crippen molar-refractivity contribution in [1.82, 2.24) is 4.90 Å². The Labute approximate surface area is 107 Å². The number of thiophene rings is 1. The zero-order valence-electron chi connectivity index (χ0n) is 9.88. The lowest BCUT2D eigenvalue weighted by atomic mass is 10.1. The SMILES string of the molecule is c1ccc(CN2CCC[C@@H]2c2cccs2)cc1.